The van der Waals surface area contributed by atoms with Crippen LogP contribution in [0.25, 0.3) is 21.9 Å². The Labute approximate surface area is 147 Å². The molecule has 25 heavy (non-hydrogen) atoms. The fraction of sp³-hybridized carbons (Fsp3) is 0.235. The molecule has 0 bridgehead atoms. The molecule has 4 heterocycles. The van der Waals surface area contributed by atoms with Crippen LogP contribution in [-0.4, -0.2) is 30.9 Å². The van der Waals surface area contributed by atoms with E-state index >= 15 is 0 Å². The first-order valence-corrected chi connectivity index (χ1v) is 8.42. The number of nitrogens with one attached hydrogen (secondary N) is 1. The second-order valence-corrected chi connectivity index (χ2v) is 6.74. The van der Waals surface area contributed by atoms with E-state index in [1.165, 1.54) is 11.1 Å². The second kappa shape index (κ2) is 5.10. The van der Waals surface area contributed by atoms with Gasteiger partial charge >= 0.3 is 0 Å². The van der Waals surface area contributed by atoms with Gasteiger partial charge in [0, 0.05) is 41.8 Å². The van der Waals surface area contributed by atoms with E-state index in [1.54, 1.807) is 17.9 Å². The van der Waals surface area contributed by atoms with Gasteiger partial charge in [-0.1, -0.05) is 17.7 Å². The molecule has 0 radical (unpaired) electrons. The average molecular weight is 355 g/mol. The van der Waals surface area contributed by atoms with E-state index in [1.807, 2.05) is 18.2 Å². The van der Waals surface area contributed by atoms with Crippen molar-refractivity contribution in [1.29, 1.82) is 0 Å². The third kappa shape index (κ3) is 2.16. The van der Waals surface area contributed by atoms with Crippen molar-refractivity contribution in [2.75, 3.05) is 11.4 Å². The predicted molar refractivity (Wildman–Crippen MR) is 97.1 cm³/mol. The summed E-state index contributed by atoms with van der Waals surface area (Å²) in [6.45, 7) is 2.25. The number of hydrogen-bond acceptors (Lipinski definition) is 4. The van der Waals surface area contributed by atoms with Gasteiger partial charge in [-0.3, -0.25) is 14.5 Å². The molecule has 1 aromatic carbocycles. The van der Waals surface area contributed by atoms with Crippen molar-refractivity contribution in [3.63, 3.8) is 0 Å². The predicted octanol–water partition coefficient (Wildman–Crippen LogP) is 2.28. The summed E-state index contributed by atoms with van der Waals surface area (Å²) in [6.07, 6.45) is 1.54. The van der Waals surface area contributed by atoms with Gasteiger partial charge < -0.3 is 9.47 Å². The smallest absolute Gasteiger partial charge is 0.263 e. The van der Waals surface area contributed by atoms with E-state index in [-0.39, 0.29) is 5.56 Å². The molecule has 0 atom stereocenters. The van der Waals surface area contributed by atoms with Gasteiger partial charge in [0.1, 0.15) is 5.39 Å². The monoisotopic (exact) mass is 354 g/mol. The first kappa shape index (κ1) is 14.5. The first-order chi connectivity index (χ1) is 12.1. The molecule has 0 saturated heterocycles. The molecular formula is C17H15ClN6O. The number of H-pyrrole nitrogens is 1. The lowest BCUT2D eigenvalue weighted by atomic mass is 10.2. The van der Waals surface area contributed by atoms with Crippen molar-refractivity contribution in [2.24, 2.45) is 7.05 Å². The van der Waals surface area contributed by atoms with Gasteiger partial charge in [-0.05, 0) is 18.2 Å². The topological polar surface area (TPSA) is 71.7 Å². The zero-order valence-electron chi connectivity index (χ0n) is 13.5. The SMILES string of the molecule is Cn1ncc2c(=O)[nH]c(N3CCn4c(cc5ccc(Cl)cc54)C3)nc21. The molecule has 0 saturated carbocycles. The fourth-order valence-corrected chi connectivity index (χ4v) is 3.69. The minimum absolute atomic E-state index is 0.161. The summed E-state index contributed by atoms with van der Waals surface area (Å²) in [5, 5.41) is 6.53. The summed E-state index contributed by atoms with van der Waals surface area (Å²) in [7, 11) is 1.79. The largest absolute Gasteiger partial charge is 0.341 e. The minimum atomic E-state index is -0.161. The number of hydrogen-bond donors (Lipinski definition) is 1. The summed E-state index contributed by atoms with van der Waals surface area (Å²) < 4.78 is 3.90. The number of halogens is 1. The van der Waals surface area contributed by atoms with Gasteiger partial charge in [-0.25, -0.2) is 0 Å². The minimum Gasteiger partial charge on any atom is -0.341 e. The maximum absolute atomic E-state index is 12.3. The number of aromatic amines is 1. The maximum Gasteiger partial charge on any atom is 0.263 e. The van der Waals surface area contributed by atoms with Gasteiger partial charge in [0.05, 0.1) is 12.7 Å². The fourth-order valence-electron chi connectivity index (χ4n) is 3.53. The molecule has 0 unspecified atom stereocenters. The van der Waals surface area contributed by atoms with E-state index < -0.39 is 0 Å². The van der Waals surface area contributed by atoms with E-state index in [2.05, 4.69) is 30.6 Å². The number of nitrogens with zero attached hydrogens (tertiary/aromatic N) is 5. The number of anilines is 1. The molecule has 1 aliphatic heterocycles. The van der Waals surface area contributed by atoms with Gasteiger partial charge in [0.2, 0.25) is 5.95 Å². The highest BCUT2D eigenvalue weighted by Gasteiger charge is 2.21. The van der Waals surface area contributed by atoms with Crippen molar-refractivity contribution in [1.82, 2.24) is 24.3 Å². The summed E-state index contributed by atoms with van der Waals surface area (Å²) in [5.74, 6) is 0.579. The Morgan fingerprint density at radius 1 is 1.24 bits per heavy atom. The molecule has 4 aromatic rings. The number of fused-ring (bicyclic) bond motifs is 4. The van der Waals surface area contributed by atoms with Crippen LogP contribution >= 0.6 is 11.6 Å². The molecule has 3 aromatic heterocycles. The highest BCUT2D eigenvalue weighted by atomic mass is 35.5. The highest BCUT2D eigenvalue weighted by Crippen LogP contribution is 2.27. The van der Waals surface area contributed by atoms with Crippen molar-refractivity contribution >= 4 is 39.5 Å². The van der Waals surface area contributed by atoms with Gasteiger partial charge in [-0.15, -0.1) is 0 Å². The maximum atomic E-state index is 12.3. The van der Waals surface area contributed by atoms with Crippen LogP contribution in [0.3, 0.4) is 0 Å². The quantitative estimate of drug-likeness (QED) is 0.569. The van der Waals surface area contributed by atoms with Crippen molar-refractivity contribution in [3.8, 4) is 0 Å². The Morgan fingerprint density at radius 3 is 3.00 bits per heavy atom. The normalized spacial score (nSPS) is 14.4. The molecule has 5 rings (SSSR count). The highest BCUT2D eigenvalue weighted by molar-refractivity contribution is 6.31. The van der Waals surface area contributed by atoms with Crippen LogP contribution in [0.2, 0.25) is 5.02 Å². The first-order valence-electron chi connectivity index (χ1n) is 8.05. The molecule has 0 amide bonds. The van der Waals surface area contributed by atoms with Crippen LogP contribution in [0.15, 0.2) is 35.3 Å². The molecule has 0 spiro atoms. The number of rotatable bonds is 1. The summed E-state index contributed by atoms with van der Waals surface area (Å²) in [4.78, 5) is 21.9. The Kier molecular flexibility index (Phi) is 2.96. The molecule has 8 heteroatoms. The molecule has 1 N–H and O–H groups in total. The third-order valence-corrected chi connectivity index (χ3v) is 5.02. The van der Waals surface area contributed by atoms with Gasteiger partial charge in [-0.2, -0.15) is 10.1 Å². The lowest BCUT2D eigenvalue weighted by Gasteiger charge is -2.29. The average Bonchev–Trinajstić information content (AvgIpc) is 3.15. The molecule has 7 nitrogen and oxygen atoms in total. The van der Waals surface area contributed by atoms with Crippen molar-refractivity contribution in [2.45, 2.75) is 13.1 Å². The number of aromatic nitrogens is 5. The molecule has 0 aliphatic carbocycles. The Bertz CT molecular complexity index is 1190. The Morgan fingerprint density at radius 2 is 2.12 bits per heavy atom. The van der Waals surface area contributed by atoms with E-state index in [9.17, 15) is 4.79 Å². The van der Waals surface area contributed by atoms with E-state index in [4.69, 9.17) is 11.6 Å². The number of aryl methyl sites for hydroxylation is 1. The molecule has 126 valence electrons. The van der Waals surface area contributed by atoms with Crippen LogP contribution in [0.1, 0.15) is 5.69 Å². The summed E-state index contributed by atoms with van der Waals surface area (Å²) >= 11 is 6.14. The molecule has 0 fully saturated rings. The van der Waals surface area contributed by atoms with Crippen LogP contribution in [-0.2, 0) is 20.1 Å². The van der Waals surface area contributed by atoms with Gasteiger partial charge in [0.25, 0.3) is 5.56 Å². The summed E-state index contributed by atoms with van der Waals surface area (Å²) in [6, 6.07) is 8.11. The van der Waals surface area contributed by atoms with Crippen molar-refractivity contribution < 1.29 is 0 Å². The summed E-state index contributed by atoms with van der Waals surface area (Å²) in [5.41, 5.74) is 2.75. The molecule has 1 aliphatic rings. The van der Waals surface area contributed by atoms with E-state index in [0.717, 1.165) is 23.6 Å². The second-order valence-electron chi connectivity index (χ2n) is 6.31. The molecular weight excluding hydrogens is 340 g/mol. The Hall–Kier alpha value is -2.80. The zero-order chi connectivity index (χ0) is 17.1. The van der Waals surface area contributed by atoms with Crippen LogP contribution in [0.5, 0.6) is 0 Å². The van der Waals surface area contributed by atoms with Crippen LogP contribution < -0.4 is 10.5 Å². The zero-order valence-corrected chi connectivity index (χ0v) is 14.3. The standard InChI is InChI=1S/C17H15ClN6O/c1-22-15-13(8-19-22)16(25)21-17(20-15)23-4-5-24-12(9-23)6-10-2-3-11(18)7-14(10)24/h2-3,6-8H,4-5,9H2,1H3,(H,20,21,25). The lowest BCUT2D eigenvalue weighted by Crippen LogP contribution is -2.35. The van der Waals surface area contributed by atoms with Crippen LogP contribution in [0, 0.1) is 0 Å². The number of benzene rings is 1. The van der Waals surface area contributed by atoms with Crippen LogP contribution in [0.4, 0.5) is 5.95 Å². The Balaban J connectivity index is 1.58. The lowest BCUT2D eigenvalue weighted by molar-refractivity contribution is 0.575. The van der Waals surface area contributed by atoms with Crippen molar-refractivity contribution in [3.05, 3.63) is 51.5 Å². The third-order valence-electron chi connectivity index (χ3n) is 4.79. The van der Waals surface area contributed by atoms with E-state index in [0.29, 0.717) is 23.5 Å². The van der Waals surface area contributed by atoms with Gasteiger partial charge in [0.15, 0.2) is 5.65 Å².